The number of amides is 1. The van der Waals surface area contributed by atoms with Gasteiger partial charge in [-0.25, -0.2) is 4.79 Å². The summed E-state index contributed by atoms with van der Waals surface area (Å²) in [5, 5.41) is 9.24. The monoisotopic (exact) mass is 388 g/mol. The van der Waals surface area contributed by atoms with E-state index in [9.17, 15) is 14.9 Å². The quantitative estimate of drug-likeness (QED) is 0.716. The molecule has 0 spiro atoms. The Morgan fingerprint density at radius 2 is 1.79 bits per heavy atom. The Bertz CT molecular complexity index is 950. The summed E-state index contributed by atoms with van der Waals surface area (Å²) in [6, 6.07) is 17.2. The van der Waals surface area contributed by atoms with Crippen LogP contribution in [0.5, 0.6) is 0 Å². The molecular weight excluding hydrogens is 364 g/mol. The first kappa shape index (κ1) is 19.2. The number of nitriles is 1. The third-order valence-corrected chi connectivity index (χ3v) is 6.16. The molecule has 2 atom stereocenters. The van der Waals surface area contributed by atoms with Crippen molar-refractivity contribution in [3.8, 4) is 6.07 Å². The molecule has 0 aromatic heterocycles. The van der Waals surface area contributed by atoms with Crippen LogP contribution in [-0.4, -0.2) is 28.9 Å². The van der Waals surface area contributed by atoms with Gasteiger partial charge in [-0.05, 0) is 49.8 Å². The van der Waals surface area contributed by atoms with Gasteiger partial charge in [0.2, 0.25) is 0 Å². The number of nitrogens with zero attached hydrogens (tertiary/aromatic N) is 2. The van der Waals surface area contributed by atoms with Crippen molar-refractivity contribution in [1.82, 2.24) is 4.90 Å². The lowest BCUT2D eigenvalue weighted by molar-refractivity contribution is 0.0485. The van der Waals surface area contributed by atoms with Crippen molar-refractivity contribution in [1.29, 1.82) is 5.26 Å². The van der Waals surface area contributed by atoms with Gasteiger partial charge in [-0.2, -0.15) is 5.26 Å². The number of carbonyl (C=O) groups excluding carboxylic acids is 2. The molecule has 5 nitrogen and oxygen atoms in total. The van der Waals surface area contributed by atoms with Gasteiger partial charge >= 0.3 is 6.09 Å². The van der Waals surface area contributed by atoms with E-state index in [0.29, 0.717) is 24.0 Å². The van der Waals surface area contributed by atoms with Crippen molar-refractivity contribution in [2.45, 2.75) is 51.3 Å². The Hall–Kier alpha value is -3.13. The molecule has 1 amide bonds. The van der Waals surface area contributed by atoms with Crippen LogP contribution < -0.4 is 0 Å². The van der Waals surface area contributed by atoms with Crippen molar-refractivity contribution in [2.24, 2.45) is 5.92 Å². The highest BCUT2D eigenvalue weighted by molar-refractivity contribution is 5.98. The third kappa shape index (κ3) is 3.88. The van der Waals surface area contributed by atoms with Gasteiger partial charge in [-0.1, -0.05) is 42.5 Å². The van der Waals surface area contributed by atoms with E-state index in [4.69, 9.17) is 4.74 Å². The van der Waals surface area contributed by atoms with E-state index in [0.717, 1.165) is 24.0 Å². The average Bonchev–Trinajstić information content (AvgIpc) is 3.02. The SMILES string of the molecule is Cc1ccc(C(=O)C2CC3CCC(C2)N3C(=O)OCc2ccccc2)cc1C#N. The highest BCUT2D eigenvalue weighted by Crippen LogP contribution is 2.40. The zero-order valence-electron chi connectivity index (χ0n) is 16.5. The summed E-state index contributed by atoms with van der Waals surface area (Å²) < 4.78 is 5.54. The van der Waals surface area contributed by atoms with Crippen LogP contribution in [0.2, 0.25) is 0 Å². The summed E-state index contributed by atoms with van der Waals surface area (Å²) in [4.78, 5) is 27.6. The Labute approximate surface area is 170 Å². The fourth-order valence-electron chi connectivity index (χ4n) is 4.61. The van der Waals surface area contributed by atoms with Crippen LogP contribution in [0, 0.1) is 24.2 Å². The molecule has 2 unspecified atom stereocenters. The number of ether oxygens (including phenoxy) is 1. The predicted molar refractivity (Wildman–Crippen MR) is 108 cm³/mol. The second-order valence-electron chi connectivity index (χ2n) is 8.01. The minimum Gasteiger partial charge on any atom is -0.445 e. The molecule has 148 valence electrons. The first-order valence-corrected chi connectivity index (χ1v) is 10.1. The lowest BCUT2D eigenvalue weighted by Gasteiger charge is -2.37. The Morgan fingerprint density at radius 3 is 2.45 bits per heavy atom. The van der Waals surface area contributed by atoms with E-state index >= 15 is 0 Å². The molecule has 29 heavy (non-hydrogen) atoms. The number of Topliss-reactive ketones (excluding diaryl/α,β-unsaturated/α-hetero) is 1. The minimum atomic E-state index is -0.283. The molecular formula is C24H24N2O3. The second-order valence-corrected chi connectivity index (χ2v) is 8.01. The smallest absolute Gasteiger partial charge is 0.410 e. The number of hydrogen-bond donors (Lipinski definition) is 0. The molecule has 2 heterocycles. The first-order chi connectivity index (χ1) is 14.1. The minimum absolute atomic E-state index is 0.0480. The van der Waals surface area contributed by atoms with Gasteiger partial charge < -0.3 is 9.64 Å². The molecule has 2 aromatic carbocycles. The van der Waals surface area contributed by atoms with Gasteiger partial charge in [0.15, 0.2) is 5.78 Å². The Balaban J connectivity index is 1.41. The van der Waals surface area contributed by atoms with Gasteiger partial charge in [-0.3, -0.25) is 4.79 Å². The van der Waals surface area contributed by atoms with Crippen LogP contribution in [0.15, 0.2) is 48.5 Å². The molecule has 5 heteroatoms. The standard InChI is InChI=1S/C24H24N2O3/c1-16-7-8-18(11-20(16)14-25)23(27)19-12-21-9-10-22(13-19)26(21)24(28)29-15-17-5-3-2-4-6-17/h2-8,11,19,21-22H,9-10,12-13,15H2,1H3. The molecule has 0 saturated carbocycles. The molecule has 4 rings (SSSR count). The van der Waals surface area contributed by atoms with Crippen molar-refractivity contribution < 1.29 is 14.3 Å². The summed E-state index contributed by atoms with van der Waals surface area (Å²) in [5.74, 6) is -0.0318. The first-order valence-electron chi connectivity index (χ1n) is 10.1. The van der Waals surface area contributed by atoms with Gasteiger partial charge in [0, 0.05) is 23.6 Å². The molecule has 0 aliphatic carbocycles. The van der Waals surface area contributed by atoms with Crippen molar-refractivity contribution in [3.63, 3.8) is 0 Å². The molecule has 0 N–H and O–H groups in total. The number of ketones is 1. The maximum Gasteiger partial charge on any atom is 0.410 e. The fourth-order valence-corrected chi connectivity index (χ4v) is 4.61. The van der Waals surface area contributed by atoms with E-state index in [2.05, 4.69) is 6.07 Å². The van der Waals surface area contributed by atoms with Crippen LogP contribution in [0.25, 0.3) is 0 Å². The molecule has 0 radical (unpaired) electrons. The van der Waals surface area contributed by atoms with E-state index in [1.54, 1.807) is 12.1 Å². The zero-order chi connectivity index (χ0) is 20.4. The molecule has 2 aliphatic heterocycles. The third-order valence-electron chi connectivity index (χ3n) is 6.16. The van der Waals surface area contributed by atoms with E-state index in [1.165, 1.54) is 0 Å². The zero-order valence-corrected chi connectivity index (χ0v) is 16.5. The Kier molecular flexibility index (Phi) is 5.35. The van der Waals surface area contributed by atoms with Crippen LogP contribution in [0.3, 0.4) is 0 Å². The van der Waals surface area contributed by atoms with Crippen LogP contribution in [0.1, 0.15) is 52.7 Å². The average molecular weight is 388 g/mol. The van der Waals surface area contributed by atoms with Gasteiger partial charge in [0.25, 0.3) is 0 Å². The fraction of sp³-hybridized carbons (Fsp3) is 0.375. The normalized spacial score (nSPS) is 22.8. The topological polar surface area (TPSA) is 70.4 Å². The maximum absolute atomic E-state index is 13.0. The Morgan fingerprint density at radius 1 is 1.10 bits per heavy atom. The molecule has 2 fully saturated rings. The van der Waals surface area contributed by atoms with Crippen molar-refractivity contribution >= 4 is 11.9 Å². The largest absolute Gasteiger partial charge is 0.445 e. The highest BCUT2D eigenvalue weighted by atomic mass is 16.6. The summed E-state index contributed by atoms with van der Waals surface area (Å²) >= 11 is 0. The van der Waals surface area contributed by atoms with Crippen LogP contribution in [0.4, 0.5) is 4.79 Å². The van der Waals surface area contributed by atoms with Crippen LogP contribution >= 0.6 is 0 Å². The maximum atomic E-state index is 13.0. The number of hydrogen-bond acceptors (Lipinski definition) is 4. The lowest BCUT2D eigenvalue weighted by atomic mass is 9.84. The lowest BCUT2D eigenvalue weighted by Crippen LogP contribution is -2.48. The second kappa shape index (κ2) is 8.08. The van der Waals surface area contributed by atoms with Gasteiger partial charge in [-0.15, -0.1) is 0 Å². The van der Waals surface area contributed by atoms with E-state index < -0.39 is 0 Å². The van der Waals surface area contributed by atoms with Crippen molar-refractivity contribution in [2.75, 3.05) is 0 Å². The number of fused-ring (bicyclic) bond motifs is 2. The summed E-state index contributed by atoms with van der Waals surface area (Å²) in [6.07, 6.45) is 2.85. The van der Waals surface area contributed by atoms with Crippen molar-refractivity contribution in [3.05, 3.63) is 70.8 Å². The number of carbonyl (C=O) groups is 2. The molecule has 2 aliphatic rings. The predicted octanol–water partition coefficient (Wildman–Crippen LogP) is 4.63. The number of aryl methyl sites for hydroxylation is 1. The highest BCUT2D eigenvalue weighted by Gasteiger charge is 2.45. The van der Waals surface area contributed by atoms with E-state index in [1.807, 2.05) is 48.2 Å². The summed E-state index contributed by atoms with van der Waals surface area (Å²) in [6.45, 7) is 2.13. The van der Waals surface area contributed by atoms with Gasteiger partial charge in [0.1, 0.15) is 6.61 Å². The molecule has 2 aromatic rings. The number of rotatable bonds is 4. The van der Waals surface area contributed by atoms with Gasteiger partial charge in [0.05, 0.1) is 11.6 Å². The van der Waals surface area contributed by atoms with Crippen LogP contribution in [-0.2, 0) is 11.3 Å². The summed E-state index contributed by atoms with van der Waals surface area (Å²) in [7, 11) is 0. The summed E-state index contributed by atoms with van der Waals surface area (Å²) in [5.41, 5.74) is 2.98. The number of piperidine rings is 1. The van der Waals surface area contributed by atoms with E-state index in [-0.39, 0.29) is 36.5 Å². The number of benzene rings is 2. The molecule has 2 saturated heterocycles. The molecule has 2 bridgehead atoms.